The molecule has 3 heterocycles. The molecule has 2 fully saturated rings. The van der Waals surface area contributed by atoms with E-state index in [-0.39, 0.29) is 0 Å². The third kappa shape index (κ3) is 1.91. The van der Waals surface area contributed by atoms with Gasteiger partial charge in [-0.05, 0) is 49.9 Å². The number of hydrogen-bond acceptors (Lipinski definition) is 3. The van der Waals surface area contributed by atoms with E-state index in [1.165, 1.54) is 31.6 Å². The van der Waals surface area contributed by atoms with Crippen LogP contribution in [0.1, 0.15) is 24.7 Å². The van der Waals surface area contributed by atoms with Gasteiger partial charge in [0, 0.05) is 12.6 Å². The van der Waals surface area contributed by atoms with Crippen LogP contribution < -0.4 is 5.32 Å². The van der Waals surface area contributed by atoms with Crippen molar-refractivity contribution in [2.45, 2.75) is 32.9 Å². The Hall–Kier alpha value is -0.800. The lowest BCUT2D eigenvalue weighted by Crippen LogP contribution is -2.34. The average Bonchev–Trinajstić information content (AvgIpc) is 2.96. The van der Waals surface area contributed by atoms with Crippen LogP contribution in [0.15, 0.2) is 16.7 Å². The molecule has 17 heavy (non-hydrogen) atoms. The van der Waals surface area contributed by atoms with Gasteiger partial charge in [0.1, 0.15) is 5.76 Å². The molecule has 1 N–H and O–H groups in total. The summed E-state index contributed by atoms with van der Waals surface area (Å²) >= 11 is 0. The second-order valence-electron chi connectivity index (χ2n) is 5.51. The van der Waals surface area contributed by atoms with Crippen LogP contribution in [0.25, 0.3) is 0 Å². The first-order chi connectivity index (χ1) is 8.29. The summed E-state index contributed by atoms with van der Waals surface area (Å²) in [5.41, 5.74) is 1.29. The summed E-state index contributed by atoms with van der Waals surface area (Å²) < 4.78 is 5.58. The highest BCUT2D eigenvalue weighted by Crippen LogP contribution is 2.35. The van der Waals surface area contributed by atoms with Gasteiger partial charge in [0.25, 0.3) is 0 Å². The van der Waals surface area contributed by atoms with Gasteiger partial charge >= 0.3 is 0 Å². The Morgan fingerprint density at radius 3 is 3.06 bits per heavy atom. The highest BCUT2D eigenvalue weighted by Gasteiger charge is 2.43. The molecule has 0 aliphatic carbocycles. The molecule has 0 saturated carbocycles. The van der Waals surface area contributed by atoms with Crippen molar-refractivity contribution in [1.82, 2.24) is 10.2 Å². The fourth-order valence-corrected chi connectivity index (χ4v) is 3.60. The molecular formula is C14H22N2O. The van der Waals surface area contributed by atoms with Gasteiger partial charge in [-0.3, -0.25) is 4.90 Å². The molecule has 3 nitrogen and oxygen atoms in total. The third-order valence-corrected chi connectivity index (χ3v) is 4.56. The summed E-state index contributed by atoms with van der Waals surface area (Å²) in [7, 11) is 0. The quantitative estimate of drug-likeness (QED) is 0.867. The molecule has 3 heteroatoms. The Labute approximate surface area is 103 Å². The van der Waals surface area contributed by atoms with E-state index in [9.17, 15) is 0 Å². The summed E-state index contributed by atoms with van der Waals surface area (Å²) in [5.74, 6) is 2.86. The van der Waals surface area contributed by atoms with Crippen molar-refractivity contribution in [3.63, 3.8) is 0 Å². The molecule has 1 aromatic rings. The van der Waals surface area contributed by atoms with Gasteiger partial charge in [0.2, 0.25) is 0 Å². The number of furan rings is 1. The Morgan fingerprint density at radius 2 is 2.35 bits per heavy atom. The predicted octanol–water partition coefficient (Wildman–Crippen LogP) is 2.02. The molecule has 3 unspecified atom stereocenters. The first-order valence-corrected chi connectivity index (χ1v) is 6.77. The fraction of sp³-hybridized carbons (Fsp3) is 0.714. The molecule has 3 atom stereocenters. The van der Waals surface area contributed by atoms with Crippen molar-refractivity contribution in [3.05, 3.63) is 23.7 Å². The van der Waals surface area contributed by atoms with Gasteiger partial charge in [-0.1, -0.05) is 6.92 Å². The molecule has 0 aromatic carbocycles. The summed E-state index contributed by atoms with van der Waals surface area (Å²) in [6.07, 6.45) is 3.06. The Morgan fingerprint density at radius 1 is 1.47 bits per heavy atom. The van der Waals surface area contributed by atoms with Crippen molar-refractivity contribution < 1.29 is 4.42 Å². The van der Waals surface area contributed by atoms with E-state index in [4.69, 9.17) is 4.42 Å². The summed E-state index contributed by atoms with van der Waals surface area (Å²) in [6, 6.07) is 2.80. The Bertz CT molecular complexity index is 387. The van der Waals surface area contributed by atoms with E-state index in [0.717, 1.165) is 30.2 Å². The minimum absolute atomic E-state index is 0.736. The standard InChI is InChI=1S/C14H22N2O/c1-3-13-12-7-15-6-11(12)8-16(13)9-14-10(2)4-5-17-14/h4-5,11-13,15H,3,6-9H2,1-2H3. The van der Waals surface area contributed by atoms with Crippen LogP contribution in [0.2, 0.25) is 0 Å². The zero-order valence-corrected chi connectivity index (χ0v) is 10.8. The van der Waals surface area contributed by atoms with Crippen LogP contribution in [-0.2, 0) is 6.54 Å². The first-order valence-electron chi connectivity index (χ1n) is 6.77. The monoisotopic (exact) mass is 234 g/mol. The van der Waals surface area contributed by atoms with Gasteiger partial charge < -0.3 is 9.73 Å². The molecular weight excluding hydrogens is 212 g/mol. The maximum Gasteiger partial charge on any atom is 0.120 e. The average molecular weight is 234 g/mol. The summed E-state index contributed by atoms with van der Waals surface area (Å²) in [5, 5.41) is 3.53. The third-order valence-electron chi connectivity index (χ3n) is 4.56. The fourth-order valence-electron chi connectivity index (χ4n) is 3.60. The van der Waals surface area contributed by atoms with Gasteiger partial charge in [-0.15, -0.1) is 0 Å². The number of aryl methyl sites for hydroxylation is 1. The molecule has 3 rings (SSSR count). The van der Waals surface area contributed by atoms with Crippen LogP contribution in [0, 0.1) is 18.8 Å². The Kier molecular flexibility index (Phi) is 2.97. The SMILES string of the molecule is CCC1C2CNCC2CN1Cc1occc1C. The number of rotatable bonds is 3. The molecule has 2 aliphatic rings. The highest BCUT2D eigenvalue weighted by atomic mass is 16.3. The van der Waals surface area contributed by atoms with Crippen molar-refractivity contribution in [1.29, 1.82) is 0 Å². The van der Waals surface area contributed by atoms with Crippen molar-refractivity contribution >= 4 is 0 Å². The second-order valence-corrected chi connectivity index (χ2v) is 5.51. The van der Waals surface area contributed by atoms with E-state index in [0.29, 0.717) is 0 Å². The summed E-state index contributed by atoms with van der Waals surface area (Å²) in [4.78, 5) is 2.63. The molecule has 2 aliphatic heterocycles. The van der Waals surface area contributed by atoms with Gasteiger partial charge in [0.05, 0.1) is 12.8 Å². The minimum atomic E-state index is 0.736. The largest absolute Gasteiger partial charge is 0.468 e. The lowest BCUT2D eigenvalue weighted by Gasteiger charge is -2.26. The molecule has 1 aromatic heterocycles. The van der Waals surface area contributed by atoms with Crippen LogP contribution in [0.3, 0.4) is 0 Å². The van der Waals surface area contributed by atoms with E-state index >= 15 is 0 Å². The topological polar surface area (TPSA) is 28.4 Å². The normalized spacial score (nSPS) is 33.2. The molecule has 0 spiro atoms. The molecule has 0 amide bonds. The van der Waals surface area contributed by atoms with E-state index in [1.807, 2.05) is 6.26 Å². The van der Waals surface area contributed by atoms with Gasteiger partial charge in [-0.25, -0.2) is 0 Å². The lowest BCUT2D eigenvalue weighted by molar-refractivity contribution is 0.195. The van der Waals surface area contributed by atoms with Crippen LogP contribution in [0.5, 0.6) is 0 Å². The van der Waals surface area contributed by atoms with E-state index in [2.05, 4.69) is 30.1 Å². The molecule has 0 radical (unpaired) electrons. The number of likely N-dealkylation sites (tertiary alicyclic amines) is 1. The number of nitrogens with one attached hydrogen (secondary N) is 1. The second kappa shape index (κ2) is 4.46. The molecule has 0 bridgehead atoms. The van der Waals surface area contributed by atoms with Crippen molar-refractivity contribution in [2.24, 2.45) is 11.8 Å². The van der Waals surface area contributed by atoms with Crippen molar-refractivity contribution in [2.75, 3.05) is 19.6 Å². The number of fused-ring (bicyclic) bond motifs is 1. The Balaban J connectivity index is 1.73. The van der Waals surface area contributed by atoms with Crippen LogP contribution in [-0.4, -0.2) is 30.6 Å². The van der Waals surface area contributed by atoms with Crippen molar-refractivity contribution in [3.8, 4) is 0 Å². The predicted molar refractivity (Wildman–Crippen MR) is 67.8 cm³/mol. The highest BCUT2D eigenvalue weighted by molar-refractivity contribution is 5.15. The smallest absolute Gasteiger partial charge is 0.120 e. The zero-order chi connectivity index (χ0) is 11.8. The maximum absolute atomic E-state index is 5.58. The van der Waals surface area contributed by atoms with Crippen LogP contribution in [0.4, 0.5) is 0 Å². The lowest BCUT2D eigenvalue weighted by atomic mass is 9.93. The maximum atomic E-state index is 5.58. The first kappa shape index (κ1) is 11.3. The number of nitrogens with zero attached hydrogens (tertiary/aromatic N) is 1. The molecule has 94 valence electrons. The van der Waals surface area contributed by atoms with E-state index < -0.39 is 0 Å². The van der Waals surface area contributed by atoms with E-state index in [1.54, 1.807) is 0 Å². The minimum Gasteiger partial charge on any atom is -0.468 e. The van der Waals surface area contributed by atoms with Gasteiger partial charge in [0.15, 0.2) is 0 Å². The van der Waals surface area contributed by atoms with Gasteiger partial charge in [-0.2, -0.15) is 0 Å². The molecule has 2 saturated heterocycles. The van der Waals surface area contributed by atoms with Crippen LogP contribution >= 0.6 is 0 Å². The number of hydrogen-bond donors (Lipinski definition) is 1. The zero-order valence-electron chi connectivity index (χ0n) is 10.8. The summed E-state index contributed by atoms with van der Waals surface area (Å²) in [6.45, 7) is 9.08.